The lowest BCUT2D eigenvalue weighted by atomic mass is 10.0. The van der Waals surface area contributed by atoms with Gasteiger partial charge in [0.1, 0.15) is 70.2 Å². The molecule has 0 bridgehead atoms. The predicted octanol–water partition coefficient (Wildman–Crippen LogP) is 8.98. The average Bonchev–Trinajstić information content (AvgIpc) is 1.28. The van der Waals surface area contributed by atoms with E-state index in [4.69, 9.17) is 28.4 Å². The van der Waals surface area contributed by atoms with Gasteiger partial charge < -0.3 is 43.1 Å². The maximum Gasteiger partial charge on any atom is 0.328 e. The zero-order valence-electron chi connectivity index (χ0n) is 65.5. The number of urea groups is 3. The molecule has 0 saturated carbocycles. The number of aldehydes is 3. The second-order valence-electron chi connectivity index (χ2n) is 28.6. The van der Waals surface area contributed by atoms with E-state index in [-0.39, 0.29) is 60.9 Å². The van der Waals surface area contributed by atoms with Gasteiger partial charge in [0, 0.05) is 162 Å². The maximum absolute atomic E-state index is 13.3. The third-order valence-corrected chi connectivity index (χ3v) is 20.5. The van der Waals surface area contributed by atoms with Gasteiger partial charge in [-0.1, -0.05) is 0 Å². The third-order valence-electron chi connectivity index (χ3n) is 20.5. The molecule has 6 aliphatic heterocycles. The molecule has 0 radical (unpaired) electrons. The van der Waals surface area contributed by atoms with Gasteiger partial charge in [0.25, 0.3) is 0 Å². The van der Waals surface area contributed by atoms with Crippen LogP contribution in [0.2, 0.25) is 0 Å². The number of hydrogen-bond acceptors (Lipinski definition) is 24. The molecule has 3 atom stereocenters. The summed E-state index contributed by atoms with van der Waals surface area (Å²) in [5.41, 5.74) is 8.73. The first-order valence-corrected chi connectivity index (χ1v) is 38.9. The highest BCUT2D eigenvalue weighted by atomic mass is 16.5. The molecular weight excluding hydrogens is 1480 g/mol. The van der Waals surface area contributed by atoms with Crippen molar-refractivity contribution in [3.8, 4) is 18.2 Å². The third kappa shape index (κ3) is 23.5. The van der Waals surface area contributed by atoms with Crippen LogP contribution in [0.3, 0.4) is 0 Å². The lowest BCUT2D eigenvalue weighted by molar-refractivity contribution is -0.131. The fraction of sp³-hybridized carbons (Fsp3) is 0.488. The van der Waals surface area contributed by atoms with Crippen molar-refractivity contribution >= 4 is 90.6 Å². The van der Waals surface area contributed by atoms with E-state index in [1.165, 1.54) is 40.2 Å². The number of nitrogens with zero attached hydrogens (tertiary/aromatic N) is 15. The lowest BCUT2D eigenvalue weighted by Gasteiger charge is -2.30. The van der Waals surface area contributed by atoms with Crippen LogP contribution in [0.15, 0.2) is 55.0 Å². The van der Waals surface area contributed by atoms with E-state index in [2.05, 4.69) is 64.1 Å². The molecule has 606 valence electrons. The Morgan fingerprint density at radius 3 is 1.07 bits per heavy atom. The van der Waals surface area contributed by atoms with Crippen molar-refractivity contribution in [1.29, 1.82) is 15.8 Å². The predicted molar refractivity (Wildman–Crippen MR) is 421 cm³/mol. The molecule has 3 fully saturated rings. The minimum Gasteiger partial charge on any atom is -0.385 e. The number of ether oxygens (including phenoxy) is 6. The number of fused-ring (bicyclic) bond motifs is 3. The highest BCUT2D eigenvalue weighted by Crippen LogP contribution is 2.34. The standard InChI is InChI=1S/C28H34N6O5.2C27H32N6O5/c1-19(36)33(17-24-8-5-11-39-24)16-22-12-21-6-3-9-34(27(21)31-25(22)18-35)28(37)32-26-13-20(7-4-10-38-2)23(14-29)15-30-26;2*1-37-9-3-6-19-12-25(29-14-22(19)13-28)31-27(36)33-8-2-5-20-11-21(24(17-34)30-26(20)33)15-32(18-35)16-23-7-4-10-38-23/h12-13,15,18,24H,3-11,16-17H2,1-2H3,(H,30,32,37);2*11-12,14,17-18,23H,2-10,15-16H2,1H3,(H,29,31,36)/t24-;2*23-/m010/s1. The van der Waals surface area contributed by atoms with Gasteiger partial charge in [0.2, 0.25) is 18.7 Å². The van der Waals surface area contributed by atoms with E-state index in [9.17, 15) is 58.9 Å². The van der Waals surface area contributed by atoms with Gasteiger partial charge in [-0.25, -0.2) is 44.3 Å². The Morgan fingerprint density at radius 2 is 0.791 bits per heavy atom. The molecule has 33 heteroatoms. The van der Waals surface area contributed by atoms with Crippen LogP contribution in [-0.2, 0) is 101 Å². The number of amides is 9. The molecule has 0 spiro atoms. The molecule has 0 unspecified atom stereocenters. The molecular formula is C82H98N18O15. The number of aryl methyl sites for hydroxylation is 6. The van der Waals surface area contributed by atoms with Gasteiger partial charge >= 0.3 is 18.1 Å². The fourth-order valence-electron chi connectivity index (χ4n) is 14.7. The second-order valence-corrected chi connectivity index (χ2v) is 28.6. The molecule has 9 amide bonds. The quantitative estimate of drug-likeness (QED) is 0.0262. The molecule has 6 aliphatic rings. The van der Waals surface area contributed by atoms with Crippen molar-refractivity contribution in [3.63, 3.8) is 0 Å². The highest BCUT2D eigenvalue weighted by molar-refractivity contribution is 6.03. The molecule has 6 aromatic rings. The van der Waals surface area contributed by atoms with Crippen LogP contribution in [0.25, 0.3) is 0 Å². The van der Waals surface area contributed by atoms with Gasteiger partial charge in [-0.2, -0.15) is 15.8 Å². The van der Waals surface area contributed by atoms with Crippen molar-refractivity contribution in [3.05, 3.63) is 139 Å². The van der Waals surface area contributed by atoms with Gasteiger partial charge in [-0.3, -0.25) is 59.4 Å². The largest absolute Gasteiger partial charge is 0.385 e. The van der Waals surface area contributed by atoms with Gasteiger partial charge in [-0.05, 0) is 185 Å². The summed E-state index contributed by atoms with van der Waals surface area (Å²) in [5.74, 6) is 2.16. The number of nitriles is 3. The normalized spacial score (nSPS) is 16.4. The first-order chi connectivity index (χ1) is 56.0. The summed E-state index contributed by atoms with van der Waals surface area (Å²) in [5, 5.41) is 36.6. The lowest BCUT2D eigenvalue weighted by Crippen LogP contribution is -2.40. The number of hydrogen-bond donors (Lipinski definition) is 3. The van der Waals surface area contributed by atoms with Crippen molar-refractivity contribution in [2.75, 3.05) is 131 Å². The number of anilines is 6. The molecule has 0 aliphatic carbocycles. The number of nitrogens with one attached hydrogen (secondary N) is 3. The first-order valence-electron chi connectivity index (χ1n) is 38.9. The summed E-state index contributed by atoms with van der Waals surface area (Å²) in [7, 11) is 4.87. The van der Waals surface area contributed by atoms with Crippen LogP contribution in [-0.4, -0.2) is 219 Å². The van der Waals surface area contributed by atoms with Crippen LogP contribution in [0, 0.1) is 34.0 Å². The zero-order valence-corrected chi connectivity index (χ0v) is 65.5. The Morgan fingerprint density at radius 1 is 0.470 bits per heavy atom. The number of carbonyl (C=O) groups excluding carboxylic acids is 9. The number of methoxy groups -OCH3 is 3. The smallest absolute Gasteiger partial charge is 0.328 e. The maximum atomic E-state index is 13.3. The minimum atomic E-state index is -0.420. The van der Waals surface area contributed by atoms with Crippen LogP contribution in [0.4, 0.5) is 49.3 Å². The number of pyridine rings is 6. The Labute approximate surface area is 668 Å². The van der Waals surface area contributed by atoms with E-state index in [1.54, 1.807) is 54.2 Å². The summed E-state index contributed by atoms with van der Waals surface area (Å²) < 4.78 is 32.3. The van der Waals surface area contributed by atoms with Crippen LogP contribution < -0.4 is 30.7 Å². The Bertz CT molecular complexity index is 4380. The van der Waals surface area contributed by atoms with E-state index in [0.717, 1.165) is 123 Å². The molecule has 33 nitrogen and oxygen atoms in total. The van der Waals surface area contributed by atoms with Crippen molar-refractivity contribution in [1.82, 2.24) is 44.6 Å². The zero-order chi connectivity index (χ0) is 81.6. The van der Waals surface area contributed by atoms with Crippen LogP contribution in [0.5, 0.6) is 0 Å². The summed E-state index contributed by atoms with van der Waals surface area (Å²) in [6.45, 7) is 8.67. The average molecular weight is 1580 g/mol. The Kier molecular flexibility index (Phi) is 32.5. The number of rotatable bonds is 32. The fourth-order valence-corrected chi connectivity index (χ4v) is 14.7. The topological polar surface area (TPSA) is 413 Å². The molecule has 3 N–H and O–H groups in total. The van der Waals surface area contributed by atoms with E-state index < -0.39 is 18.1 Å². The minimum absolute atomic E-state index is 0.000911. The van der Waals surface area contributed by atoms with Crippen molar-refractivity contribution in [2.24, 2.45) is 0 Å². The van der Waals surface area contributed by atoms with Crippen molar-refractivity contribution in [2.45, 2.75) is 160 Å². The van der Waals surface area contributed by atoms with Crippen LogP contribution in [0.1, 0.15) is 182 Å². The molecule has 3 saturated heterocycles. The van der Waals surface area contributed by atoms with Gasteiger partial charge in [0.15, 0.2) is 18.9 Å². The molecule has 0 aromatic carbocycles. The molecule has 115 heavy (non-hydrogen) atoms. The van der Waals surface area contributed by atoms with Gasteiger partial charge in [-0.15, -0.1) is 0 Å². The van der Waals surface area contributed by atoms with Crippen LogP contribution >= 0.6 is 0 Å². The number of aromatic nitrogens is 6. The number of carbonyl (C=O) groups is 9. The summed E-state index contributed by atoms with van der Waals surface area (Å²) >= 11 is 0. The summed E-state index contributed by atoms with van der Waals surface area (Å²) in [6.07, 6.45) is 21.8. The summed E-state index contributed by atoms with van der Waals surface area (Å²) in [6, 6.07) is 15.9. The van der Waals surface area contributed by atoms with Gasteiger partial charge in [0.05, 0.1) is 35.0 Å². The first kappa shape index (κ1) is 85.8. The van der Waals surface area contributed by atoms with E-state index in [1.807, 2.05) is 18.2 Å². The van der Waals surface area contributed by atoms with Crippen molar-refractivity contribution < 1.29 is 71.6 Å². The Hall–Kier alpha value is -11.6. The Balaban J connectivity index is 0.000000182. The second kappa shape index (κ2) is 43.6. The molecule has 12 heterocycles. The SMILES string of the molecule is COCCCc1cc(NC(=O)N2CCCc3cc(CN(C=O)C[C@@H]4CCCO4)c(C=O)nc32)ncc1C#N.COCCCc1cc(NC(=O)N2CCCc3cc(CN(C=O)C[C@H]4CCCO4)c(C=O)nc32)ncc1C#N.COCCCc1cc(NC(=O)N2CCCc3cc(CN(C[C@@H]4CCCO4)C(C)=O)c(C=O)nc32)ncc1C#N. The highest BCUT2D eigenvalue weighted by Gasteiger charge is 2.33. The molecule has 12 rings (SSSR count). The van der Waals surface area contributed by atoms with E-state index in [0.29, 0.717) is 205 Å². The monoisotopic (exact) mass is 1570 g/mol. The molecule has 6 aromatic heterocycles. The summed E-state index contributed by atoms with van der Waals surface area (Å²) in [4.78, 5) is 147. The van der Waals surface area contributed by atoms with E-state index >= 15 is 0 Å².